The van der Waals surface area contributed by atoms with Crippen LogP contribution >= 0.6 is 23.7 Å². The Balaban J connectivity index is 0.00000320. The highest BCUT2D eigenvalue weighted by Gasteiger charge is 2.21. The first kappa shape index (κ1) is 24.3. The van der Waals surface area contributed by atoms with Gasteiger partial charge in [0.05, 0.1) is 16.6 Å². The fraction of sp³-hybridized carbons (Fsp3) is 0.417. The van der Waals surface area contributed by atoms with Gasteiger partial charge in [-0.05, 0) is 83.1 Å². The maximum atomic E-state index is 13.4. The van der Waals surface area contributed by atoms with Gasteiger partial charge < -0.3 is 4.90 Å². The third kappa shape index (κ3) is 5.60. The number of benzene rings is 2. The number of carbonyl (C=O) groups is 1. The molecule has 0 unspecified atom stereocenters. The van der Waals surface area contributed by atoms with Crippen molar-refractivity contribution in [3.8, 4) is 0 Å². The summed E-state index contributed by atoms with van der Waals surface area (Å²) < 4.78 is 1.14. The number of aromatic nitrogens is 1. The Morgan fingerprint density at radius 3 is 2.40 bits per heavy atom. The van der Waals surface area contributed by atoms with Gasteiger partial charge >= 0.3 is 0 Å². The first-order chi connectivity index (χ1) is 13.8. The molecule has 0 aliphatic rings. The van der Waals surface area contributed by atoms with Crippen molar-refractivity contribution in [2.75, 3.05) is 32.1 Å². The van der Waals surface area contributed by atoms with E-state index in [0.29, 0.717) is 13.0 Å². The Morgan fingerprint density at radius 1 is 1.00 bits per heavy atom. The summed E-state index contributed by atoms with van der Waals surface area (Å²) in [7, 11) is 4.12. The van der Waals surface area contributed by atoms with E-state index in [-0.39, 0.29) is 18.3 Å². The van der Waals surface area contributed by atoms with Gasteiger partial charge in [-0.1, -0.05) is 41.2 Å². The summed E-state index contributed by atoms with van der Waals surface area (Å²) in [6, 6.07) is 10.6. The molecule has 162 valence electrons. The highest BCUT2D eigenvalue weighted by atomic mass is 35.5. The van der Waals surface area contributed by atoms with Crippen molar-refractivity contribution in [2.24, 2.45) is 0 Å². The molecule has 3 aromatic rings. The fourth-order valence-electron chi connectivity index (χ4n) is 3.45. The molecule has 1 aromatic heterocycles. The third-order valence-corrected chi connectivity index (χ3v) is 6.48. The van der Waals surface area contributed by atoms with E-state index in [9.17, 15) is 4.79 Å². The van der Waals surface area contributed by atoms with Crippen molar-refractivity contribution >= 4 is 45.0 Å². The van der Waals surface area contributed by atoms with E-state index in [1.165, 1.54) is 16.7 Å². The van der Waals surface area contributed by atoms with Gasteiger partial charge in [0, 0.05) is 6.54 Å². The molecule has 3 rings (SSSR count). The summed E-state index contributed by atoms with van der Waals surface area (Å²) in [6.07, 6.45) is 1.32. The number of carbonyl (C=O) groups excluding carboxylic acids is 1. The van der Waals surface area contributed by atoms with E-state index >= 15 is 0 Å². The minimum Gasteiger partial charge on any atom is -0.309 e. The SMILES string of the molecule is Cc1ccc(C)c(CC(=O)N(CCCN(C)C)c2nc3c(C)c(C)ccc3s2)c1.Cl. The van der Waals surface area contributed by atoms with E-state index in [1.54, 1.807) is 11.3 Å². The van der Waals surface area contributed by atoms with Gasteiger partial charge in [-0.25, -0.2) is 4.98 Å². The first-order valence-corrected chi connectivity index (χ1v) is 11.0. The van der Waals surface area contributed by atoms with Crippen LogP contribution < -0.4 is 4.90 Å². The summed E-state index contributed by atoms with van der Waals surface area (Å²) in [5.41, 5.74) is 6.88. The van der Waals surface area contributed by atoms with Crippen LogP contribution in [0.1, 0.15) is 34.2 Å². The Bertz CT molecular complexity index is 1030. The molecular weight excluding hydrogens is 414 g/mol. The van der Waals surface area contributed by atoms with E-state index < -0.39 is 0 Å². The smallest absolute Gasteiger partial charge is 0.233 e. The molecule has 0 fully saturated rings. The Morgan fingerprint density at radius 2 is 1.70 bits per heavy atom. The summed E-state index contributed by atoms with van der Waals surface area (Å²) >= 11 is 1.61. The second-order valence-corrected chi connectivity index (χ2v) is 9.17. The molecule has 0 radical (unpaired) electrons. The van der Waals surface area contributed by atoms with Gasteiger partial charge in [0.25, 0.3) is 0 Å². The predicted molar refractivity (Wildman–Crippen MR) is 131 cm³/mol. The zero-order chi connectivity index (χ0) is 21.1. The molecule has 0 aliphatic carbocycles. The van der Waals surface area contributed by atoms with Gasteiger partial charge in [-0.2, -0.15) is 0 Å². The molecule has 0 N–H and O–H groups in total. The molecular formula is C24H32ClN3OS. The fourth-order valence-corrected chi connectivity index (χ4v) is 4.52. The molecule has 0 bridgehead atoms. The largest absolute Gasteiger partial charge is 0.309 e. The third-order valence-electron chi connectivity index (χ3n) is 5.44. The molecule has 0 saturated heterocycles. The van der Waals surface area contributed by atoms with Crippen LogP contribution in [-0.2, 0) is 11.2 Å². The summed E-state index contributed by atoms with van der Waals surface area (Å²) in [4.78, 5) is 22.3. The molecule has 0 saturated carbocycles. The molecule has 0 spiro atoms. The van der Waals surface area contributed by atoms with Crippen molar-refractivity contribution in [2.45, 2.75) is 40.5 Å². The lowest BCUT2D eigenvalue weighted by Crippen LogP contribution is -2.34. The number of halogens is 1. The van der Waals surface area contributed by atoms with E-state index in [2.05, 4.69) is 77.0 Å². The summed E-state index contributed by atoms with van der Waals surface area (Å²) in [6.45, 7) is 9.98. The Labute approximate surface area is 190 Å². The number of thiazole rings is 1. The van der Waals surface area contributed by atoms with Gasteiger partial charge in [0.2, 0.25) is 5.91 Å². The topological polar surface area (TPSA) is 36.4 Å². The second-order valence-electron chi connectivity index (χ2n) is 8.16. The molecule has 0 aliphatic heterocycles. The van der Waals surface area contributed by atoms with Crippen LogP contribution in [-0.4, -0.2) is 43.0 Å². The molecule has 4 nitrogen and oxygen atoms in total. The van der Waals surface area contributed by atoms with Crippen molar-refractivity contribution in [3.63, 3.8) is 0 Å². The average Bonchev–Trinajstić information content (AvgIpc) is 3.09. The average molecular weight is 446 g/mol. The lowest BCUT2D eigenvalue weighted by molar-refractivity contribution is -0.118. The first-order valence-electron chi connectivity index (χ1n) is 10.1. The highest BCUT2D eigenvalue weighted by Crippen LogP contribution is 2.32. The van der Waals surface area contributed by atoms with Crippen LogP contribution in [0.4, 0.5) is 5.13 Å². The zero-order valence-electron chi connectivity index (χ0n) is 18.8. The number of aryl methyl sites for hydroxylation is 4. The standard InChI is InChI=1S/C24H31N3OS.ClH/c1-16-8-9-18(3)20(14-16)15-22(28)27(13-7-12-26(5)6)24-25-23-19(4)17(2)10-11-21(23)29-24;/h8-11,14H,7,12-13,15H2,1-6H3;1H. The number of nitrogens with zero attached hydrogens (tertiary/aromatic N) is 3. The lowest BCUT2D eigenvalue weighted by atomic mass is 10.0. The normalized spacial score (nSPS) is 11.0. The number of hydrogen-bond donors (Lipinski definition) is 0. The van der Waals surface area contributed by atoms with E-state index in [0.717, 1.165) is 39.4 Å². The minimum absolute atomic E-state index is 0. The lowest BCUT2D eigenvalue weighted by Gasteiger charge is -2.21. The van der Waals surface area contributed by atoms with E-state index in [4.69, 9.17) is 4.98 Å². The Kier molecular flexibility index (Phi) is 8.42. The molecule has 2 aromatic carbocycles. The van der Waals surface area contributed by atoms with Crippen molar-refractivity contribution in [1.82, 2.24) is 9.88 Å². The quantitative estimate of drug-likeness (QED) is 0.483. The molecule has 6 heteroatoms. The monoisotopic (exact) mass is 445 g/mol. The maximum absolute atomic E-state index is 13.4. The molecule has 1 heterocycles. The van der Waals surface area contributed by atoms with Crippen LogP contribution in [0.25, 0.3) is 10.2 Å². The summed E-state index contributed by atoms with van der Waals surface area (Å²) in [5, 5.41) is 0.808. The Hall–Kier alpha value is -1.95. The van der Waals surface area contributed by atoms with Gasteiger partial charge in [0.15, 0.2) is 5.13 Å². The van der Waals surface area contributed by atoms with Gasteiger partial charge in [-0.15, -0.1) is 12.4 Å². The van der Waals surface area contributed by atoms with Crippen LogP contribution in [0.3, 0.4) is 0 Å². The highest BCUT2D eigenvalue weighted by molar-refractivity contribution is 7.22. The minimum atomic E-state index is 0. The molecule has 1 amide bonds. The summed E-state index contributed by atoms with van der Waals surface area (Å²) in [5.74, 6) is 0.117. The van der Waals surface area contributed by atoms with Crippen LogP contribution in [0, 0.1) is 27.7 Å². The number of hydrogen-bond acceptors (Lipinski definition) is 4. The van der Waals surface area contributed by atoms with Crippen LogP contribution in [0.2, 0.25) is 0 Å². The predicted octanol–water partition coefficient (Wildman–Crippen LogP) is 5.48. The van der Waals surface area contributed by atoms with Crippen LogP contribution in [0.15, 0.2) is 30.3 Å². The zero-order valence-corrected chi connectivity index (χ0v) is 20.4. The number of fused-ring (bicyclic) bond motifs is 1. The second kappa shape index (κ2) is 10.4. The van der Waals surface area contributed by atoms with Crippen molar-refractivity contribution in [1.29, 1.82) is 0 Å². The van der Waals surface area contributed by atoms with E-state index in [1.807, 2.05) is 4.90 Å². The van der Waals surface area contributed by atoms with Gasteiger partial charge in [-0.3, -0.25) is 9.69 Å². The van der Waals surface area contributed by atoms with Gasteiger partial charge in [0.1, 0.15) is 0 Å². The molecule has 0 atom stereocenters. The number of rotatable bonds is 7. The maximum Gasteiger partial charge on any atom is 0.233 e. The molecule has 30 heavy (non-hydrogen) atoms. The number of amides is 1. The van der Waals surface area contributed by atoms with Crippen molar-refractivity contribution in [3.05, 3.63) is 58.1 Å². The van der Waals surface area contributed by atoms with Crippen molar-refractivity contribution < 1.29 is 4.79 Å². The van der Waals surface area contributed by atoms with Crippen LogP contribution in [0.5, 0.6) is 0 Å². The number of anilines is 1.